The number of nitrogens with one attached hydrogen (secondary N) is 1. The van der Waals surface area contributed by atoms with Gasteiger partial charge in [-0.05, 0) is 33.2 Å². The molecular weight excluding hydrogens is 148 g/mol. The van der Waals surface area contributed by atoms with Crippen molar-refractivity contribution in [3.8, 4) is 0 Å². The predicted octanol–water partition coefficient (Wildman–Crippen LogP) is 1.33. The Bertz CT molecular complexity index is 137. The van der Waals surface area contributed by atoms with Gasteiger partial charge in [-0.15, -0.1) is 0 Å². The van der Waals surface area contributed by atoms with Crippen molar-refractivity contribution in [2.45, 2.75) is 33.2 Å². The number of hydrogen-bond donors (Lipinski definition) is 1. The molecule has 1 rings (SSSR count). The smallest absolute Gasteiger partial charge is 0.0125 e. The van der Waals surface area contributed by atoms with Gasteiger partial charge in [0.25, 0.3) is 0 Å². The summed E-state index contributed by atoms with van der Waals surface area (Å²) in [6.45, 7) is 13.9. The second-order valence-corrected chi connectivity index (χ2v) is 4.93. The molecule has 1 unspecified atom stereocenters. The Balaban J connectivity index is 2.52. The van der Waals surface area contributed by atoms with Crippen LogP contribution in [0, 0.1) is 5.92 Å². The standard InChI is InChI=1S/C10H22N2/c1-9-7-11-5-6-12(8-9)10(2,3)4/h9,11H,5-8H2,1-4H3. The molecule has 0 aromatic heterocycles. The first kappa shape index (κ1) is 10.0. The van der Waals surface area contributed by atoms with Crippen LogP contribution < -0.4 is 5.32 Å². The molecule has 0 aliphatic carbocycles. The maximum atomic E-state index is 3.46. The summed E-state index contributed by atoms with van der Waals surface area (Å²) >= 11 is 0. The van der Waals surface area contributed by atoms with E-state index in [2.05, 4.69) is 37.9 Å². The van der Waals surface area contributed by atoms with Crippen LogP contribution in [-0.2, 0) is 0 Å². The highest BCUT2D eigenvalue weighted by atomic mass is 15.2. The van der Waals surface area contributed by atoms with Crippen molar-refractivity contribution >= 4 is 0 Å². The minimum absolute atomic E-state index is 0.334. The average Bonchev–Trinajstić information content (AvgIpc) is 2.11. The van der Waals surface area contributed by atoms with Crippen LogP contribution in [0.4, 0.5) is 0 Å². The summed E-state index contributed by atoms with van der Waals surface area (Å²) in [4.78, 5) is 2.57. The molecule has 1 N–H and O–H groups in total. The highest BCUT2D eigenvalue weighted by Gasteiger charge is 2.24. The van der Waals surface area contributed by atoms with Crippen LogP contribution in [0.5, 0.6) is 0 Å². The predicted molar refractivity (Wildman–Crippen MR) is 53.4 cm³/mol. The van der Waals surface area contributed by atoms with E-state index < -0.39 is 0 Å². The van der Waals surface area contributed by atoms with Gasteiger partial charge in [0, 0.05) is 25.2 Å². The Labute approximate surface area is 76.3 Å². The van der Waals surface area contributed by atoms with Crippen LogP contribution in [0.2, 0.25) is 0 Å². The molecule has 0 radical (unpaired) electrons. The molecule has 0 saturated carbocycles. The van der Waals surface area contributed by atoms with E-state index in [1.54, 1.807) is 0 Å². The van der Waals surface area contributed by atoms with Gasteiger partial charge in [0.1, 0.15) is 0 Å². The normalized spacial score (nSPS) is 28.5. The van der Waals surface area contributed by atoms with Crippen LogP contribution in [0.3, 0.4) is 0 Å². The van der Waals surface area contributed by atoms with E-state index in [1.165, 1.54) is 19.6 Å². The van der Waals surface area contributed by atoms with Gasteiger partial charge in [0.05, 0.1) is 0 Å². The fraction of sp³-hybridized carbons (Fsp3) is 1.00. The summed E-state index contributed by atoms with van der Waals surface area (Å²) in [7, 11) is 0. The maximum Gasteiger partial charge on any atom is 0.0125 e. The minimum atomic E-state index is 0.334. The minimum Gasteiger partial charge on any atom is -0.315 e. The molecule has 2 heteroatoms. The highest BCUT2D eigenvalue weighted by Crippen LogP contribution is 2.15. The molecule has 0 amide bonds. The van der Waals surface area contributed by atoms with Crippen molar-refractivity contribution in [1.29, 1.82) is 0 Å². The van der Waals surface area contributed by atoms with Gasteiger partial charge in [0.2, 0.25) is 0 Å². The molecule has 1 saturated heterocycles. The monoisotopic (exact) mass is 170 g/mol. The zero-order valence-electron chi connectivity index (χ0n) is 8.85. The lowest BCUT2D eigenvalue weighted by molar-refractivity contribution is 0.132. The summed E-state index contributed by atoms with van der Waals surface area (Å²) in [5.74, 6) is 0.784. The Morgan fingerprint density at radius 1 is 1.33 bits per heavy atom. The van der Waals surface area contributed by atoms with E-state index >= 15 is 0 Å². The van der Waals surface area contributed by atoms with Crippen molar-refractivity contribution in [2.75, 3.05) is 26.2 Å². The maximum absolute atomic E-state index is 3.46. The summed E-state index contributed by atoms with van der Waals surface area (Å²) in [6, 6.07) is 0. The summed E-state index contributed by atoms with van der Waals surface area (Å²) in [6.07, 6.45) is 0. The van der Waals surface area contributed by atoms with Gasteiger partial charge in [-0.2, -0.15) is 0 Å². The lowest BCUT2D eigenvalue weighted by Crippen LogP contribution is -2.44. The van der Waals surface area contributed by atoms with Gasteiger partial charge in [0.15, 0.2) is 0 Å². The number of rotatable bonds is 0. The van der Waals surface area contributed by atoms with Crippen molar-refractivity contribution in [1.82, 2.24) is 10.2 Å². The third-order valence-corrected chi connectivity index (χ3v) is 2.53. The van der Waals surface area contributed by atoms with E-state index in [0.717, 1.165) is 12.5 Å². The Morgan fingerprint density at radius 3 is 2.58 bits per heavy atom. The highest BCUT2D eigenvalue weighted by molar-refractivity contribution is 4.81. The zero-order valence-corrected chi connectivity index (χ0v) is 8.85. The van der Waals surface area contributed by atoms with Gasteiger partial charge in [-0.3, -0.25) is 4.90 Å². The average molecular weight is 170 g/mol. The lowest BCUT2D eigenvalue weighted by Gasteiger charge is -2.35. The van der Waals surface area contributed by atoms with Crippen LogP contribution in [0.25, 0.3) is 0 Å². The van der Waals surface area contributed by atoms with E-state index in [-0.39, 0.29) is 0 Å². The van der Waals surface area contributed by atoms with Crippen LogP contribution >= 0.6 is 0 Å². The van der Waals surface area contributed by atoms with E-state index in [1.807, 2.05) is 0 Å². The van der Waals surface area contributed by atoms with E-state index in [4.69, 9.17) is 0 Å². The van der Waals surface area contributed by atoms with Crippen molar-refractivity contribution in [2.24, 2.45) is 5.92 Å². The molecule has 1 heterocycles. The Kier molecular flexibility index (Phi) is 3.13. The molecule has 1 atom stereocenters. The molecular formula is C10H22N2. The van der Waals surface area contributed by atoms with Crippen LogP contribution in [-0.4, -0.2) is 36.6 Å². The SMILES string of the molecule is CC1CNCCN(C(C)(C)C)C1. The van der Waals surface area contributed by atoms with E-state index in [0.29, 0.717) is 5.54 Å². The first-order valence-corrected chi connectivity index (χ1v) is 4.96. The van der Waals surface area contributed by atoms with Crippen molar-refractivity contribution in [3.63, 3.8) is 0 Å². The third-order valence-electron chi connectivity index (χ3n) is 2.53. The largest absolute Gasteiger partial charge is 0.315 e. The molecule has 0 aromatic carbocycles. The van der Waals surface area contributed by atoms with E-state index in [9.17, 15) is 0 Å². The first-order chi connectivity index (χ1) is 5.50. The topological polar surface area (TPSA) is 15.3 Å². The summed E-state index contributed by atoms with van der Waals surface area (Å²) in [5, 5.41) is 3.46. The van der Waals surface area contributed by atoms with Crippen LogP contribution in [0.1, 0.15) is 27.7 Å². The molecule has 2 nitrogen and oxygen atoms in total. The first-order valence-electron chi connectivity index (χ1n) is 4.96. The summed E-state index contributed by atoms with van der Waals surface area (Å²) in [5.41, 5.74) is 0.334. The zero-order chi connectivity index (χ0) is 9.19. The molecule has 0 spiro atoms. The third kappa shape index (κ3) is 2.76. The van der Waals surface area contributed by atoms with Crippen molar-refractivity contribution in [3.05, 3.63) is 0 Å². The molecule has 72 valence electrons. The molecule has 0 aromatic rings. The van der Waals surface area contributed by atoms with Gasteiger partial charge in [-0.25, -0.2) is 0 Å². The fourth-order valence-electron chi connectivity index (χ4n) is 1.70. The Morgan fingerprint density at radius 2 is 2.00 bits per heavy atom. The molecule has 1 fully saturated rings. The van der Waals surface area contributed by atoms with Crippen molar-refractivity contribution < 1.29 is 0 Å². The molecule has 0 bridgehead atoms. The second kappa shape index (κ2) is 3.75. The number of hydrogen-bond acceptors (Lipinski definition) is 2. The molecule has 1 aliphatic heterocycles. The number of nitrogens with zero attached hydrogens (tertiary/aromatic N) is 1. The van der Waals surface area contributed by atoms with Crippen LogP contribution in [0.15, 0.2) is 0 Å². The quantitative estimate of drug-likeness (QED) is 0.590. The van der Waals surface area contributed by atoms with Gasteiger partial charge < -0.3 is 5.32 Å². The lowest BCUT2D eigenvalue weighted by atomic mass is 10.0. The Hall–Kier alpha value is -0.0800. The molecule has 1 aliphatic rings. The second-order valence-electron chi connectivity index (χ2n) is 4.93. The summed E-state index contributed by atoms with van der Waals surface area (Å²) < 4.78 is 0. The van der Waals surface area contributed by atoms with Gasteiger partial charge in [-0.1, -0.05) is 6.92 Å². The molecule has 12 heavy (non-hydrogen) atoms. The van der Waals surface area contributed by atoms with Gasteiger partial charge >= 0.3 is 0 Å². The fourth-order valence-corrected chi connectivity index (χ4v) is 1.70.